The number of hydrogen-bond donors (Lipinski definition) is 1. The molecule has 0 saturated carbocycles. The van der Waals surface area contributed by atoms with E-state index in [1.54, 1.807) is 6.20 Å². The first-order valence-electron chi connectivity index (χ1n) is 8.42. The largest absolute Gasteiger partial charge is 0.368 e. The Kier molecular flexibility index (Phi) is 5.11. The second kappa shape index (κ2) is 7.45. The summed E-state index contributed by atoms with van der Waals surface area (Å²) in [6.07, 6.45) is 4.72. The fourth-order valence-corrected chi connectivity index (χ4v) is 2.83. The molecule has 0 aliphatic heterocycles. The lowest BCUT2D eigenvalue weighted by Crippen LogP contribution is -2.30. The van der Waals surface area contributed by atoms with Crippen LogP contribution in [0.5, 0.6) is 0 Å². The molecule has 5 heteroatoms. The minimum absolute atomic E-state index is 0.490. The molecule has 2 heterocycles. The normalized spacial score (nSPS) is 12.7. The van der Waals surface area contributed by atoms with Crippen LogP contribution in [0.4, 0.5) is 5.82 Å². The third kappa shape index (κ3) is 3.92. The molecule has 0 radical (unpaired) electrons. The predicted octanol–water partition coefficient (Wildman–Crippen LogP) is 3.36. The molecule has 1 unspecified atom stereocenters. The van der Waals surface area contributed by atoms with Crippen molar-refractivity contribution in [2.24, 2.45) is 0 Å². The van der Waals surface area contributed by atoms with Crippen LogP contribution in [0, 0.1) is 6.92 Å². The van der Waals surface area contributed by atoms with E-state index in [4.69, 9.17) is 0 Å². The van der Waals surface area contributed by atoms with Crippen LogP contribution in [0.1, 0.15) is 24.6 Å². The van der Waals surface area contributed by atoms with E-state index in [0.29, 0.717) is 6.04 Å². The molecule has 3 aromatic rings. The maximum atomic E-state index is 4.44. The van der Waals surface area contributed by atoms with Crippen LogP contribution in [0.15, 0.2) is 48.8 Å². The topological polar surface area (TPSA) is 45.5 Å². The average molecular weight is 323 g/mol. The number of rotatable bonds is 7. The number of nitrogens with one attached hydrogen (secondary N) is 1. The van der Waals surface area contributed by atoms with Crippen molar-refractivity contribution in [1.82, 2.24) is 19.5 Å². The van der Waals surface area contributed by atoms with Crippen LogP contribution < -0.4 is 5.32 Å². The molecule has 24 heavy (non-hydrogen) atoms. The molecule has 3 rings (SSSR count). The Balaban J connectivity index is 1.53. The van der Waals surface area contributed by atoms with Gasteiger partial charge >= 0.3 is 0 Å². The van der Waals surface area contributed by atoms with Crippen molar-refractivity contribution in [1.29, 1.82) is 0 Å². The van der Waals surface area contributed by atoms with Gasteiger partial charge in [-0.3, -0.25) is 4.90 Å². The predicted molar refractivity (Wildman–Crippen MR) is 98.2 cm³/mol. The maximum Gasteiger partial charge on any atom is 0.152 e. The maximum absolute atomic E-state index is 4.44. The number of nitrogens with zero attached hydrogens (tertiary/aromatic N) is 4. The summed E-state index contributed by atoms with van der Waals surface area (Å²) in [4.78, 5) is 6.83. The van der Waals surface area contributed by atoms with E-state index in [1.807, 2.05) is 17.6 Å². The van der Waals surface area contributed by atoms with Gasteiger partial charge in [-0.25, -0.2) is 9.50 Å². The van der Waals surface area contributed by atoms with Crippen LogP contribution in [0.25, 0.3) is 5.52 Å². The van der Waals surface area contributed by atoms with Gasteiger partial charge in [-0.05, 0) is 38.9 Å². The van der Waals surface area contributed by atoms with E-state index in [2.05, 4.69) is 70.7 Å². The molecule has 2 aromatic heterocycles. The number of benzene rings is 1. The minimum Gasteiger partial charge on any atom is -0.368 e. The Labute approximate surface area is 143 Å². The molecule has 1 aromatic carbocycles. The van der Waals surface area contributed by atoms with Crippen LogP contribution in [-0.2, 0) is 6.54 Å². The molecule has 126 valence electrons. The summed E-state index contributed by atoms with van der Waals surface area (Å²) in [5, 5.41) is 7.87. The van der Waals surface area contributed by atoms with Crippen molar-refractivity contribution >= 4 is 11.3 Å². The van der Waals surface area contributed by atoms with Crippen LogP contribution >= 0.6 is 0 Å². The highest BCUT2D eigenvalue weighted by atomic mass is 15.2. The smallest absolute Gasteiger partial charge is 0.152 e. The zero-order chi connectivity index (χ0) is 16.9. The van der Waals surface area contributed by atoms with Crippen molar-refractivity contribution in [2.45, 2.75) is 32.9 Å². The summed E-state index contributed by atoms with van der Waals surface area (Å²) < 4.78 is 1.87. The van der Waals surface area contributed by atoms with E-state index in [1.165, 1.54) is 5.56 Å². The van der Waals surface area contributed by atoms with Gasteiger partial charge in [-0.1, -0.05) is 30.3 Å². The Morgan fingerprint density at radius 3 is 2.83 bits per heavy atom. The molecule has 0 aliphatic rings. The van der Waals surface area contributed by atoms with Crippen molar-refractivity contribution in [3.8, 4) is 0 Å². The number of fused-ring (bicyclic) bond motifs is 1. The second-order valence-electron chi connectivity index (χ2n) is 6.36. The zero-order valence-corrected chi connectivity index (χ0v) is 14.6. The summed E-state index contributed by atoms with van der Waals surface area (Å²) in [5.74, 6) is 0.899. The molecule has 0 spiro atoms. The lowest BCUT2D eigenvalue weighted by atomic mass is 10.1. The number of anilines is 1. The molecule has 0 saturated heterocycles. The SMILES string of the molecule is Cc1cc2c(NCCC(C)N(C)Cc3ccccc3)nccn2n1. The third-order valence-electron chi connectivity index (χ3n) is 4.39. The quantitative estimate of drug-likeness (QED) is 0.724. The van der Waals surface area contributed by atoms with E-state index in [0.717, 1.165) is 36.5 Å². The van der Waals surface area contributed by atoms with E-state index >= 15 is 0 Å². The third-order valence-corrected chi connectivity index (χ3v) is 4.39. The standard InChI is InChI=1S/C19H25N5/c1-15-13-18-19(21-11-12-24(18)22-15)20-10-9-16(2)23(3)14-17-7-5-4-6-8-17/h4-8,11-13,16H,9-10,14H2,1-3H3,(H,20,21). The van der Waals surface area contributed by atoms with Crippen molar-refractivity contribution in [3.05, 3.63) is 60.0 Å². The van der Waals surface area contributed by atoms with Crippen molar-refractivity contribution in [3.63, 3.8) is 0 Å². The molecule has 0 amide bonds. The second-order valence-corrected chi connectivity index (χ2v) is 6.36. The number of hydrogen-bond acceptors (Lipinski definition) is 4. The summed E-state index contributed by atoms with van der Waals surface area (Å²) in [7, 11) is 2.18. The Bertz CT molecular complexity index is 781. The summed E-state index contributed by atoms with van der Waals surface area (Å²) in [5.41, 5.74) is 3.38. The molecular weight excluding hydrogens is 298 g/mol. The van der Waals surface area contributed by atoms with Crippen LogP contribution in [0.3, 0.4) is 0 Å². The molecular formula is C19H25N5. The Morgan fingerprint density at radius 2 is 2.04 bits per heavy atom. The van der Waals surface area contributed by atoms with E-state index < -0.39 is 0 Å². The summed E-state index contributed by atoms with van der Waals surface area (Å²) in [6, 6.07) is 13.1. The average Bonchev–Trinajstić information content (AvgIpc) is 2.96. The van der Waals surface area contributed by atoms with E-state index in [9.17, 15) is 0 Å². The first-order valence-corrected chi connectivity index (χ1v) is 8.42. The number of aromatic nitrogens is 3. The van der Waals surface area contributed by atoms with Gasteiger partial charge in [-0.15, -0.1) is 0 Å². The Morgan fingerprint density at radius 1 is 1.25 bits per heavy atom. The number of aryl methyl sites for hydroxylation is 1. The zero-order valence-electron chi connectivity index (χ0n) is 14.6. The summed E-state index contributed by atoms with van der Waals surface area (Å²) >= 11 is 0. The monoisotopic (exact) mass is 323 g/mol. The highest BCUT2D eigenvalue weighted by molar-refractivity contribution is 5.67. The molecule has 0 bridgehead atoms. The molecule has 0 fully saturated rings. The lowest BCUT2D eigenvalue weighted by Gasteiger charge is -2.25. The fourth-order valence-electron chi connectivity index (χ4n) is 2.83. The molecule has 1 atom stereocenters. The van der Waals surface area contributed by atoms with Gasteiger partial charge in [0, 0.05) is 31.5 Å². The van der Waals surface area contributed by atoms with Gasteiger partial charge in [0.1, 0.15) is 5.52 Å². The van der Waals surface area contributed by atoms with Gasteiger partial charge < -0.3 is 5.32 Å². The first kappa shape index (κ1) is 16.5. The summed E-state index contributed by atoms with van der Waals surface area (Å²) in [6.45, 7) is 6.12. The highest BCUT2D eigenvalue weighted by Gasteiger charge is 2.10. The van der Waals surface area contributed by atoms with Crippen LogP contribution in [0.2, 0.25) is 0 Å². The van der Waals surface area contributed by atoms with E-state index in [-0.39, 0.29) is 0 Å². The van der Waals surface area contributed by atoms with Gasteiger partial charge in [-0.2, -0.15) is 5.10 Å². The van der Waals surface area contributed by atoms with Crippen LogP contribution in [-0.4, -0.2) is 39.1 Å². The fraction of sp³-hybridized carbons (Fsp3) is 0.368. The highest BCUT2D eigenvalue weighted by Crippen LogP contribution is 2.15. The van der Waals surface area contributed by atoms with Gasteiger partial charge in [0.25, 0.3) is 0 Å². The van der Waals surface area contributed by atoms with Crippen molar-refractivity contribution in [2.75, 3.05) is 18.9 Å². The lowest BCUT2D eigenvalue weighted by molar-refractivity contribution is 0.242. The van der Waals surface area contributed by atoms with Gasteiger partial charge in [0.15, 0.2) is 5.82 Å². The Hall–Kier alpha value is -2.40. The van der Waals surface area contributed by atoms with Gasteiger partial charge in [0.05, 0.1) is 5.69 Å². The molecule has 0 aliphatic carbocycles. The first-order chi connectivity index (χ1) is 11.6. The minimum atomic E-state index is 0.490. The van der Waals surface area contributed by atoms with Crippen molar-refractivity contribution < 1.29 is 0 Å². The molecule has 1 N–H and O–H groups in total. The molecule has 5 nitrogen and oxygen atoms in total. The van der Waals surface area contributed by atoms with Gasteiger partial charge in [0.2, 0.25) is 0 Å².